The van der Waals surface area contributed by atoms with Crippen LogP contribution in [0.15, 0.2) is 94.4 Å². The fraction of sp³-hybridized carbons (Fsp3) is 0.147. The first-order chi connectivity index (χ1) is 22.2. The quantitative estimate of drug-likeness (QED) is 0.113. The van der Waals surface area contributed by atoms with Crippen molar-refractivity contribution in [2.45, 2.75) is 20.5 Å². The third-order valence-electron chi connectivity index (χ3n) is 6.76. The summed E-state index contributed by atoms with van der Waals surface area (Å²) in [5.74, 6) is -0.211. The number of methoxy groups -OCH3 is 1. The number of nitrogens with zero attached hydrogens (tertiary/aromatic N) is 2. The number of carbonyl (C=O) groups is 2. The van der Waals surface area contributed by atoms with Gasteiger partial charge in [0.15, 0.2) is 23.9 Å². The summed E-state index contributed by atoms with van der Waals surface area (Å²) in [5, 5.41) is 6.52. The molecule has 0 bridgehead atoms. The van der Waals surface area contributed by atoms with Crippen molar-refractivity contribution in [1.82, 2.24) is 9.99 Å². The minimum Gasteiger partial charge on any atom is -0.493 e. The molecule has 0 aliphatic heterocycles. The molecule has 0 fully saturated rings. The van der Waals surface area contributed by atoms with Crippen LogP contribution in [0.3, 0.4) is 0 Å². The normalized spacial score (nSPS) is 11.0. The van der Waals surface area contributed by atoms with Crippen LogP contribution >= 0.6 is 11.6 Å². The van der Waals surface area contributed by atoms with Gasteiger partial charge in [0.2, 0.25) is 0 Å². The Hall–Kier alpha value is -5.55. The van der Waals surface area contributed by atoms with Crippen LogP contribution in [-0.4, -0.2) is 36.3 Å². The van der Waals surface area contributed by atoms with Crippen LogP contribution in [-0.2, 0) is 11.4 Å². The molecule has 0 aliphatic carbocycles. The number of carbonyl (C=O) groups excluding carboxylic acids is 2. The van der Waals surface area contributed by atoms with Crippen LogP contribution in [0.4, 0.5) is 10.1 Å². The second-order valence-corrected chi connectivity index (χ2v) is 10.5. The lowest BCUT2D eigenvalue weighted by atomic mass is 10.2. The molecule has 2 amide bonds. The van der Waals surface area contributed by atoms with Crippen LogP contribution in [0.25, 0.3) is 5.69 Å². The van der Waals surface area contributed by atoms with Crippen molar-refractivity contribution in [1.29, 1.82) is 0 Å². The number of anilines is 1. The number of nitrogens with one attached hydrogen (secondary N) is 2. The number of amides is 2. The molecule has 0 saturated carbocycles. The maximum Gasteiger partial charge on any atom is 0.307 e. The molecule has 236 valence electrons. The predicted molar refractivity (Wildman–Crippen MR) is 172 cm³/mol. The summed E-state index contributed by atoms with van der Waals surface area (Å²) in [6.07, 6.45) is 1.36. The number of hydrogen-bond donors (Lipinski definition) is 2. The topological polar surface area (TPSA) is 116 Å². The van der Waals surface area contributed by atoms with E-state index in [2.05, 4.69) is 46.4 Å². The summed E-state index contributed by atoms with van der Waals surface area (Å²) >= 11 is 6.37. The predicted octanol–water partition coefficient (Wildman–Crippen LogP) is 6.85. The number of hydrazone groups is 1. The molecule has 5 aromatic rings. The van der Waals surface area contributed by atoms with Gasteiger partial charge in [-0.15, -0.1) is 0 Å². The second kappa shape index (κ2) is 14.5. The number of aryl methyl sites for hydroxylation is 2. The highest BCUT2D eigenvalue weighted by Crippen LogP contribution is 2.36. The zero-order valence-electron chi connectivity index (χ0n) is 25.2. The van der Waals surface area contributed by atoms with E-state index < -0.39 is 24.2 Å². The average molecular weight is 645 g/mol. The number of furan rings is 1. The van der Waals surface area contributed by atoms with Crippen molar-refractivity contribution >= 4 is 35.3 Å². The number of hydrogen-bond acceptors (Lipinski definition) is 7. The van der Waals surface area contributed by atoms with E-state index in [0.717, 1.165) is 17.1 Å². The van der Waals surface area contributed by atoms with E-state index in [4.69, 9.17) is 30.2 Å². The number of halogens is 2. The third-order valence-corrected chi connectivity index (χ3v) is 7.04. The van der Waals surface area contributed by atoms with Gasteiger partial charge in [-0.3, -0.25) is 9.59 Å². The molecule has 12 heteroatoms. The lowest BCUT2D eigenvalue weighted by Gasteiger charge is -2.13. The minimum absolute atomic E-state index is 0.0295. The monoisotopic (exact) mass is 644 g/mol. The van der Waals surface area contributed by atoms with Gasteiger partial charge in [-0.1, -0.05) is 23.7 Å². The highest BCUT2D eigenvalue weighted by molar-refractivity contribution is 6.32. The molecule has 2 heterocycles. The van der Waals surface area contributed by atoms with E-state index in [0.29, 0.717) is 17.1 Å². The maximum atomic E-state index is 13.8. The van der Waals surface area contributed by atoms with Crippen LogP contribution in [0, 0.1) is 19.7 Å². The van der Waals surface area contributed by atoms with Crippen molar-refractivity contribution in [2.75, 3.05) is 19.0 Å². The van der Waals surface area contributed by atoms with Gasteiger partial charge in [0.25, 0.3) is 5.91 Å². The Morgan fingerprint density at radius 3 is 2.43 bits per heavy atom. The summed E-state index contributed by atoms with van der Waals surface area (Å²) in [6, 6.07) is 23.9. The molecule has 0 aliphatic rings. The highest BCUT2D eigenvalue weighted by atomic mass is 35.5. The fourth-order valence-electron chi connectivity index (χ4n) is 4.56. The van der Waals surface area contributed by atoms with Gasteiger partial charge in [-0.05, 0) is 92.2 Å². The molecular weight excluding hydrogens is 615 g/mol. The molecule has 2 N–H and O–H groups in total. The Labute approximate surface area is 269 Å². The zero-order chi connectivity index (χ0) is 32.6. The summed E-state index contributed by atoms with van der Waals surface area (Å²) in [5.41, 5.74) is 6.23. The van der Waals surface area contributed by atoms with Gasteiger partial charge < -0.3 is 28.5 Å². The smallest absolute Gasteiger partial charge is 0.307 e. The van der Waals surface area contributed by atoms with Crippen LogP contribution < -0.4 is 25.0 Å². The number of para-hydroxylation sites is 1. The van der Waals surface area contributed by atoms with Gasteiger partial charge in [0.1, 0.15) is 23.9 Å². The Bertz CT molecular complexity index is 1860. The van der Waals surface area contributed by atoms with Crippen LogP contribution in [0.2, 0.25) is 5.02 Å². The van der Waals surface area contributed by atoms with Crippen molar-refractivity contribution in [2.24, 2.45) is 5.10 Å². The summed E-state index contributed by atoms with van der Waals surface area (Å²) in [7, 11) is 1.40. The average Bonchev–Trinajstić information content (AvgIpc) is 3.66. The van der Waals surface area contributed by atoms with E-state index in [9.17, 15) is 14.0 Å². The molecule has 2 aromatic heterocycles. The first-order valence-corrected chi connectivity index (χ1v) is 14.4. The van der Waals surface area contributed by atoms with E-state index in [1.165, 1.54) is 43.7 Å². The molecule has 0 spiro atoms. The Morgan fingerprint density at radius 2 is 1.72 bits per heavy atom. The number of benzene rings is 3. The van der Waals surface area contributed by atoms with Crippen LogP contribution in [0.5, 0.6) is 17.2 Å². The molecule has 0 radical (unpaired) electrons. The standard InChI is InChI=1S/C34H30ClFN4O6/c1-21-8-9-22(2)40(21)24-10-12-25(13-11-24)44-19-26-14-15-30(46-26)34(42)39-37-18-23-16-27(35)33(31(17-23)43-3)45-20-32(41)38-29-7-5-4-6-28(29)36/h4-18H,19-20H2,1-3H3,(H,38,41)(H,39,42)/b37-18+. The van der Waals surface area contributed by atoms with Gasteiger partial charge in [-0.2, -0.15) is 5.10 Å². The number of rotatable bonds is 12. The first kappa shape index (κ1) is 31.9. The largest absolute Gasteiger partial charge is 0.493 e. The number of aromatic nitrogens is 1. The lowest BCUT2D eigenvalue weighted by molar-refractivity contribution is -0.118. The third kappa shape index (κ3) is 7.74. The Morgan fingerprint density at radius 1 is 0.978 bits per heavy atom. The Kier molecular flexibility index (Phi) is 10.0. The van der Waals surface area contributed by atoms with Crippen LogP contribution in [0.1, 0.15) is 33.3 Å². The molecule has 5 rings (SSSR count). The highest BCUT2D eigenvalue weighted by Gasteiger charge is 2.15. The van der Waals surface area contributed by atoms with Gasteiger partial charge in [0.05, 0.1) is 24.0 Å². The molecule has 0 unspecified atom stereocenters. The van der Waals surface area contributed by atoms with Crippen molar-refractivity contribution in [3.8, 4) is 22.9 Å². The first-order valence-electron chi connectivity index (χ1n) is 14.1. The van der Waals surface area contributed by atoms with Crippen molar-refractivity contribution in [3.05, 3.63) is 124 Å². The Balaban J connectivity index is 1.12. The summed E-state index contributed by atoms with van der Waals surface area (Å²) in [4.78, 5) is 24.8. The van der Waals surface area contributed by atoms with E-state index in [1.807, 2.05) is 24.3 Å². The molecule has 0 atom stereocenters. The molecule has 3 aromatic carbocycles. The van der Waals surface area contributed by atoms with E-state index in [1.54, 1.807) is 18.2 Å². The molecular formula is C34H30ClFN4O6. The minimum atomic E-state index is -0.586. The maximum absolute atomic E-state index is 13.8. The molecule has 0 saturated heterocycles. The van der Waals surface area contributed by atoms with Crippen molar-refractivity contribution in [3.63, 3.8) is 0 Å². The fourth-order valence-corrected chi connectivity index (χ4v) is 4.83. The van der Waals surface area contributed by atoms with Crippen molar-refractivity contribution < 1.29 is 32.6 Å². The molecule has 46 heavy (non-hydrogen) atoms. The molecule has 10 nitrogen and oxygen atoms in total. The van der Waals surface area contributed by atoms with E-state index in [-0.39, 0.29) is 34.6 Å². The SMILES string of the molecule is COc1cc(/C=N/NC(=O)c2ccc(COc3ccc(-n4c(C)ccc4C)cc3)o2)cc(Cl)c1OCC(=O)Nc1ccccc1F. The van der Waals surface area contributed by atoms with Gasteiger partial charge in [0, 0.05) is 17.1 Å². The second-order valence-electron chi connectivity index (χ2n) is 10.0. The van der Waals surface area contributed by atoms with Gasteiger partial charge >= 0.3 is 5.91 Å². The number of ether oxygens (including phenoxy) is 3. The summed E-state index contributed by atoms with van der Waals surface area (Å²) < 4.78 is 38.3. The lowest BCUT2D eigenvalue weighted by Crippen LogP contribution is -2.21. The zero-order valence-corrected chi connectivity index (χ0v) is 25.9. The van der Waals surface area contributed by atoms with E-state index >= 15 is 0 Å². The summed E-state index contributed by atoms with van der Waals surface area (Å²) in [6.45, 7) is 3.80. The van der Waals surface area contributed by atoms with Gasteiger partial charge in [-0.25, -0.2) is 9.82 Å².